The van der Waals surface area contributed by atoms with Gasteiger partial charge in [0.1, 0.15) is 5.15 Å². The Morgan fingerprint density at radius 2 is 1.94 bits per heavy atom. The number of anilines is 1. The molecule has 1 heterocycles. The fraction of sp³-hybridized carbons (Fsp3) is 0.0769. The van der Waals surface area contributed by atoms with Gasteiger partial charge >= 0.3 is 0 Å². The van der Waals surface area contributed by atoms with Crippen molar-refractivity contribution in [2.75, 3.05) is 5.32 Å². The maximum absolute atomic E-state index is 11.9. The third-order valence-corrected chi connectivity index (χ3v) is 2.41. The molecule has 0 unspecified atom stereocenters. The number of para-hydroxylation sites is 1. The first-order chi connectivity index (χ1) is 8.15. The highest BCUT2D eigenvalue weighted by Gasteiger charge is 2.07. The van der Waals surface area contributed by atoms with Crippen molar-refractivity contribution < 1.29 is 4.79 Å². The number of nitrogens with one attached hydrogen (secondary N) is 1. The zero-order valence-electron chi connectivity index (χ0n) is 9.27. The van der Waals surface area contributed by atoms with E-state index in [0.29, 0.717) is 10.7 Å². The molecular weight excluding hydrogens is 236 g/mol. The van der Waals surface area contributed by atoms with Crippen molar-refractivity contribution in [3.63, 3.8) is 0 Å². The van der Waals surface area contributed by atoms with Gasteiger partial charge < -0.3 is 5.32 Å². The van der Waals surface area contributed by atoms with Gasteiger partial charge in [-0.05, 0) is 31.2 Å². The summed E-state index contributed by atoms with van der Waals surface area (Å²) < 4.78 is 0. The molecule has 0 aliphatic heterocycles. The molecule has 1 aromatic heterocycles. The summed E-state index contributed by atoms with van der Waals surface area (Å²) in [6, 6.07) is 12.5. The lowest BCUT2D eigenvalue weighted by molar-refractivity contribution is 0.102. The van der Waals surface area contributed by atoms with Gasteiger partial charge in [0.15, 0.2) is 0 Å². The standard InChI is InChI=1S/C13H11ClN2O/c1-9-7-10(8-12(14)15-9)13(17)16-11-5-3-2-4-6-11/h2-8H,1H3,(H,16,17). The number of pyridine rings is 1. The van der Waals surface area contributed by atoms with E-state index >= 15 is 0 Å². The summed E-state index contributed by atoms with van der Waals surface area (Å²) in [7, 11) is 0. The van der Waals surface area contributed by atoms with Crippen LogP contribution < -0.4 is 5.32 Å². The minimum Gasteiger partial charge on any atom is -0.322 e. The molecule has 0 spiro atoms. The number of aromatic nitrogens is 1. The second-order valence-corrected chi connectivity index (χ2v) is 4.03. The van der Waals surface area contributed by atoms with Gasteiger partial charge in [-0.3, -0.25) is 4.79 Å². The third kappa shape index (κ3) is 3.04. The molecule has 17 heavy (non-hydrogen) atoms. The normalized spacial score (nSPS) is 10.0. The van der Waals surface area contributed by atoms with Gasteiger partial charge in [-0.15, -0.1) is 0 Å². The summed E-state index contributed by atoms with van der Waals surface area (Å²) in [4.78, 5) is 15.9. The molecule has 0 radical (unpaired) electrons. The zero-order chi connectivity index (χ0) is 12.3. The average molecular weight is 247 g/mol. The first-order valence-electron chi connectivity index (χ1n) is 5.16. The molecule has 0 aliphatic rings. The molecule has 0 fully saturated rings. The molecule has 2 aromatic rings. The monoisotopic (exact) mass is 246 g/mol. The fourth-order valence-corrected chi connectivity index (χ4v) is 1.73. The van der Waals surface area contributed by atoms with E-state index < -0.39 is 0 Å². The van der Waals surface area contributed by atoms with E-state index in [-0.39, 0.29) is 5.91 Å². The SMILES string of the molecule is Cc1cc(C(=O)Nc2ccccc2)cc(Cl)n1. The van der Waals surface area contributed by atoms with Gasteiger partial charge in [0.25, 0.3) is 5.91 Å². The van der Waals surface area contributed by atoms with E-state index in [1.807, 2.05) is 30.3 Å². The highest BCUT2D eigenvalue weighted by atomic mass is 35.5. The van der Waals surface area contributed by atoms with E-state index in [0.717, 1.165) is 11.4 Å². The number of hydrogen-bond donors (Lipinski definition) is 1. The molecule has 0 atom stereocenters. The Morgan fingerprint density at radius 3 is 2.59 bits per heavy atom. The van der Waals surface area contributed by atoms with Crippen molar-refractivity contribution in [3.05, 3.63) is 58.9 Å². The molecule has 1 amide bonds. The summed E-state index contributed by atoms with van der Waals surface area (Å²) in [6.07, 6.45) is 0. The van der Waals surface area contributed by atoms with E-state index in [9.17, 15) is 4.79 Å². The van der Waals surface area contributed by atoms with Crippen molar-refractivity contribution in [1.82, 2.24) is 4.98 Å². The largest absolute Gasteiger partial charge is 0.322 e. The second kappa shape index (κ2) is 4.97. The lowest BCUT2D eigenvalue weighted by atomic mass is 10.2. The predicted octanol–water partition coefficient (Wildman–Crippen LogP) is 3.30. The summed E-state index contributed by atoms with van der Waals surface area (Å²) in [5.41, 5.74) is 1.98. The van der Waals surface area contributed by atoms with Crippen LogP contribution in [0.4, 0.5) is 5.69 Å². The van der Waals surface area contributed by atoms with Crippen LogP contribution in [0.25, 0.3) is 0 Å². The Bertz CT molecular complexity index is 520. The number of hydrogen-bond acceptors (Lipinski definition) is 2. The predicted molar refractivity (Wildman–Crippen MR) is 68.4 cm³/mol. The van der Waals surface area contributed by atoms with Gasteiger partial charge in [-0.2, -0.15) is 0 Å². The molecule has 1 N–H and O–H groups in total. The van der Waals surface area contributed by atoms with E-state index in [1.54, 1.807) is 19.1 Å². The van der Waals surface area contributed by atoms with E-state index in [4.69, 9.17) is 11.6 Å². The number of carbonyl (C=O) groups excluding carboxylic acids is 1. The number of nitrogens with zero attached hydrogens (tertiary/aromatic N) is 1. The zero-order valence-corrected chi connectivity index (χ0v) is 10.0. The summed E-state index contributed by atoms with van der Waals surface area (Å²) >= 11 is 5.81. The molecule has 0 aliphatic carbocycles. The third-order valence-electron chi connectivity index (χ3n) is 2.22. The molecule has 3 nitrogen and oxygen atoms in total. The van der Waals surface area contributed by atoms with Crippen molar-refractivity contribution in [2.45, 2.75) is 6.92 Å². The molecule has 0 saturated heterocycles. The maximum atomic E-state index is 11.9. The van der Waals surface area contributed by atoms with Gasteiger partial charge in [-0.25, -0.2) is 4.98 Å². The van der Waals surface area contributed by atoms with Crippen molar-refractivity contribution in [1.29, 1.82) is 0 Å². The number of carbonyl (C=O) groups is 1. The lowest BCUT2D eigenvalue weighted by Crippen LogP contribution is -2.12. The Morgan fingerprint density at radius 1 is 1.24 bits per heavy atom. The molecule has 86 valence electrons. The number of halogens is 1. The minimum absolute atomic E-state index is 0.191. The molecule has 0 bridgehead atoms. The quantitative estimate of drug-likeness (QED) is 0.826. The van der Waals surface area contributed by atoms with Crippen LogP contribution in [0, 0.1) is 6.92 Å². The average Bonchev–Trinajstić information content (AvgIpc) is 2.29. The van der Waals surface area contributed by atoms with Crippen LogP contribution in [0.2, 0.25) is 5.15 Å². The first-order valence-corrected chi connectivity index (χ1v) is 5.53. The maximum Gasteiger partial charge on any atom is 0.255 e. The van der Waals surface area contributed by atoms with Gasteiger partial charge in [0.2, 0.25) is 0 Å². The second-order valence-electron chi connectivity index (χ2n) is 3.64. The number of aryl methyl sites for hydroxylation is 1. The Kier molecular flexibility index (Phi) is 3.40. The molecule has 0 saturated carbocycles. The Hall–Kier alpha value is -1.87. The summed E-state index contributed by atoms with van der Waals surface area (Å²) in [6.45, 7) is 1.80. The number of benzene rings is 1. The molecular formula is C13H11ClN2O. The molecule has 4 heteroatoms. The minimum atomic E-state index is -0.191. The van der Waals surface area contributed by atoms with E-state index in [2.05, 4.69) is 10.3 Å². The lowest BCUT2D eigenvalue weighted by Gasteiger charge is -2.05. The van der Waals surface area contributed by atoms with Crippen LogP contribution in [0.3, 0.4) is 0 Å². The van der Waals surface area contributed by atoms with Gasteiger partial charge in [-0.1, -0.05) is 29.8 Å². The smallest absolute Gasteiger partial charge is 0.255 e. The van der Waals surface area contributed by atoms with Crippen molar-refractivity contribution in [3.8, 4) is 0 Å². The number of rotatable bonds is 2. The van der Waals surface area contributed by atoms with Crippen LogP contribution in [0.1, 0.15) is 16.1 Å². The highest BCUT2D eigenvalue weighted by molar-refractivity contribution is 6.29. The topological polar surface area (TPSA) is 42.0 Å². The van der Waals surface area contributed by atoms with Crippen LogP contribution in [0.5, 0.6) is 0 Å². The fourth-order valence-electron chi connectivity index (χ4n) is 1.48. The highest BCUT2D eigenvalue weighted by Crippen LogP contribution is 2.13. The van der Waals surface area contributed by atoms with Crippen molar-refractivity contribution in [2.24, 2.45) is 0 Å². The van der Waals surface area contributed by atoms with Crippen LogP contribution in [-0.4, -0.2) is 10.9 Å². The summed E-state index contributed by atoms with van der Waals surface area (Å²) in [5.74, 6) is -0.191. The number of amides is 1. The first kappa shape index (κ1) is 11.6. The van der Waals surface area contributed by atoms with Crippen LogP contribution in [-0.2, 0) is 0 Å². The molecule has 1 aromatic carbocycles. The summed E-state index contributed by atoms with van der Waals surface area (Å²) in [5, 5.41) is 3.11. The Labute approximate surface area is 104 Å². The van der Waals surface area contributed by atoms with Gasteiger partial charge in [0, 0.05) is 16.9 Å². The Balaban J connectivity index is 2.20. The molecule has 2 rings (SSSR count). The van der Waals surface area contributed by atoms with Gasteiger partial charge in [0.05, 0.1) is 0 Å². The van der Waals surface area contributed by atoms with E-state index in [1.165, 1.54) is 0 Å². The van der Waals surface area contributed by atoms with Crippen LogP contribution >= 0.6 is 11.6 Å². The van der Waals surface area contributed by atoms with Crippen LogP contribution in [0.15, 0.2) is 42.5 Å². The van der Waals surface area contributed by atoms with Crippen molar-refractivity contribution >= 4 is 23.2 Å².